The quantitative estimate of drug-likeness (QED) is 0.0200. The minimum Gasteiger partial charge on any atom is -0.466 e. The molecule has 346 valence electrons. The summed E-state index contributed by atoms with van der Waals surface area (Å²) in [6, 6.07) is -0.855. The summed E-state index contributed by atoms with van der Waals surface area (Å²) in [6.07, 6.45) is 37.4. The zero-order valence-electron chi connectivity index (χ0n) is 37.4. The van der Waals surface area contributed by atoms with Crippen LogP contribution < -0.4 is 5.32 Å². The molecule has 6 N–H and O–H groups in total. The van der Waals surface area contributed by atoms with Gasteiger partial charge >= 0.3 is 5.97 Å². The SMILES string of the molecule is CC/C=C/CC/C=C/CC/C=C/C(O)C(COC1OC(CO)C(O)C(O)C1O)NC(=O)CCCCCCC/C=C\CCCCOC(=O)CCCCCCC/C=C\CCCC. The maximum Gasteiger partial charge on any atom is 0.305 e. The van der Waals surface area contributed by atoms with Crippen molar-refractivity contribution in [3.05, 3.63) is 60.8 Å². The Kier molecular flexibility index (Phi) is 36.2. The Morgan fingerprint density at radius 2 is 1.13 bits per heavy atom. The maximum absolute atomic E-state index is 12.9. The first kappa shape index (κ1) is 55.4. The van der Waals surface area contributed by atoms with Crippen molar-refractivity contribution < 1.29 is 49.3 Å². The van der Waals surface area contributed by atoms with Crippen molar-refractivity contribution in [2.45, 2.75) is 217 Å². The van der Waals surface area contributed by atoms with Gasteiger partial charge in [-0.25, -0.2) is 0 Å². The molecule has 1 aliphatic heterocycles. The minimum atomic E-state index is -1.59. The molecule has 0 radical (unpaired) electrons. The number of carbonyl (C=O) groups is 2. The molecule has 1 saturated heterocycles. The zero-order valence-corrected chi connectivity index (χ0v) is 37.4. The lowest BCUT2D eigenvalue weighted by Gasteiger charge is -2.40. The molecule has 0 aromatic carbocycles. The molecule has 0 spiro atoms. The predicted octanol–water partition coefficient (Wildman–Crippen LogP) is 8.77. The molecule has 0 bridgehead atoms. The van der Waals surface area contributed by atoms with Gasteiger partial charge in [-0.1, -0.05) is 126 Å². The zero-order chi connectivity index (χ0) is 43.9. The van der Waals surface area contributed by atoms with E-state index in [4.69, 9.17) is 14.2 Å². The van der Waals surface area contributed by atoms with Gasteiger partial charge in [-0.3, -0.25) is 9.59 Å². The molecule has 0 aromatic heterocycles. The number of allylic oxidation sites excluding steroid dienone is 9. The number of unbranched alkanes of at least 4 members (excludes halogenated alkanes) is 16. The van der Waals surface area contributed by atoms with Crippen LogP contribution in [-0.4, -0.2) is 100 Å². The first-order chi connectivity index (χ1) is 29.2. The number of hydrogen-bond acceptors (Lipinski definition) is 10. The van der Waals surface area contributed by atoms with Gasteiger partial charge in [0.15, 0.2) is 6.29 Å². The second kappa shape index (κ2) is 39.2. The van der Waals surface area contributed by atoms with Crippen molar-refractivity contribution in [1.82, 2.24) is 5.32 Å². The maximum atomic E-state index is 12.9. The molecule has 0 saturated carbocycles. The lowest BCUT2D eigenvalue weighted by molar-refractivity contribution is -0.302. The van der Waals surface area contributed by atoms with E-state index < -0.39 is 49.5 Å². The molecule has 1 heterocycles. The van der Waals surface area contributed by atoms with Crippen LogP contribution in [0, 0.1) is 0 Å². The summed E-state index contributed by atoms with van der Waals surface area (Å²) in [5.74, 6) is -0.304. The topological polar surface area (TPSA) is 175 Å². The lowest BCUT2D eigenvalue weighted by Crippen LogP contribution is -2.60. The van der Waals surface area contributed by atoms with Crippen LogP contribution in [0.4, 0.5) is 0 Å². The summed E-state index contributed by atoms with van der Waals surface area (Å²) in [5.41, 5.74) is 0. The van der Waals surface area contributed by atoms with Crippen molar-refractivity contribution in [3.63, 3.8) is 0 Å². The molecule has 1 fully saturated rings. The van der Waals surface area contributed by atoms with E-state index in [-0.39, 0.29) is 24.9 Å². The van der Waals surface area contributed by atoms with Crippen molar-refractivity contribution >= 4 is 11.9 Å². The summed E-state index contributed by atoms with van der Waals surface area (Å²) >= 11 is 0. The second-order valence-electron chi connectivity index (χ2n) is 16.0. The molecule has 11 heteroatoms. The number of amides is 1. The fraction of sp³-hybridized carbons (Fsp3) is 0.755. The van der Waals surface area contributed by atoms with Crippen molar-refractivity contribution in [1.29, 1.82) is 0 Å². The third-order valence-corrected chi connectivity index (χ3v) is 10.6. The van der Waals surface area contributed by atoms with E-state index in [0.717, 1.165) is 89.9 Å². The highest BCUT2D eigenvalue weighted by Crippen LogP contribution is 2.22. The van der Waals surface area contributed by atoms with Crippen LogP contribution in [0.15, 0.2) is 60.8 Å². The molecule has 7 atom stereocenters. The van der Waals surface area contributed by atoms with Gasteiger partial charge in [-0.05, 0) is 96.3 Å². The third-order valence-electron chi connectivity index (χ3n) is 10.6. The Bertz CT molecular complexity index is 1180. The van der Waals surface area contributed by atoms with Gasteiger partial charge < -0.3 is 45.1 Å². The van der Waals surface area contributed by atoms with Gasteiger partial charge in [0.25, 0.3) is 0 Å². The number of aliphatic hydroxyl groups is 5. The van der Waals surface area contributed by atoms with Crippen LogP contribution in [0.25, 0.3) is 0 Å². The van der Waals surface area contributed by atoms with E-state index in [0.29, 0.717) is 25.9 Å². The summed E-state index contributed by atoms with van der Waals surface area (Å²) in [7, 11) is 0. The summed E-state index contributed by atoms with van der Waals surface area (Å²) < 4.78 is 16.5. The smallest absolute Gasteiger partial charge is 0.305 e. The van der Waals surface area contributed by atoms with Gasteiger partial charge in [-0.15, -0.1) is 0 Å². The second-order valence-corrected chi connectivity index (χ2v) is 16.0. The Balaban J connectivity index is 2.26. The van der Waals surface area contributed by atoms with Gasteiger partial charge in [0.05, 0.1) is 32.0 Å². The summed E-state index contributed by atoms with van der Waals surface area (Å²) in [6.45, 7) is 4.01. The highest BCUT2D eigenvalue weighted by Gasteiger charge is 2.44. The first-order valence-electron chi connectivity index (χ1n) is 23.6. The summed E-state index contributed by atoms with van der Waals surface area (Å²) in [5, 5.41) is 54.0. The van der Waals surface area contributed by atoms with Crippen molar-refractivity contribution in [2.24, 2.45) is 0 Å². The number of aliphatic hydroxyl groups excluding tert-OH is 5. The monoisotopic (exact) mass is 848 g/mol. The number of esters is 1. The van der Waals surface area contributed by atoms with E-state index in [1.165, 1.54) is 44.9 Å². The molecule has 60 heavy (non-hydrogen) atoms. The van der Waals surface area contributed by atoms with Crippen molar-refractivity contribution in [3.8, 4) is 0 Å². The van der Waals surface area contributed by atoms with Gasteiger partial charge in [0, 0.05) is 12.8 Å². The number of hydrogen-bond donors (Lipinski definition) is 6. The van der Waals surface area contributed by atoms with Crippen LogP contribution in [-0.2, 0) is 23.8 Å². The van der Waals surface area contributed by atoms with Crippen LogP contribution in [0.5, 0.6) is 0 Å². The van der Waals surface area contributed by atoms with E-state index >= 15 is 0 Å². The van der Waals surface area contributed by atoms with Crippen molar-refractivity contribution in [2.75, 3.05) is 19.8 Å². The predicted molar refractivity (Wildman–Crippen MR) is 241 cm³/mol. The standard InChI is InChI=1S/C49H85NO10/c1-3-5-7-9-11-13-16-21-25-29-33-37-45(54)58-38-34-30-26-22-18-15-17-20-24-28-32-36-44(53)50-41(40-59-49-48(57)47(56)46(55)43(39-51)60-49)42(52)35-31-27-23-19-14-12-10-8-6-4-2/h6,8-9,11,14,18-19,22,31,35,41-43,46-49,51-52,55-57H,3-5,7,10,12-13,15-17,20-21,23-30,32-34,36-40H2,1-2H3,(H,50,53)/b8-6+,11-9-,19-14+,22-18-,35-31+. The van der Waals surface area contributed by atoms with E-state index in [1.54, 1.807) is 6.08 Å². The van der Waals surface area contributed by atoms with Crippen LogP contribution in [0.3, 0.4) is 0 Å². The Morgan fingerprint density at radius 3 is 1.73 bits per heavy atom. The molecule has 1 rings (SSSR count). The molecular formula is C49H85NO10. The Labute approximate surface area is 363 Å². The van der Waals surface area contributed by atoms with Gasteiger partial charge in [-0.2, -0.15) is 0 Å². The van der Waals surface area contributed by atoms with Crippen LogP contribution in [0.1, 0.15) is 174 Å². The average molecular weight is 848 g/mol. The fourth-order valence-corrected chi connectivity index (χ4v) is 6.74. The number of ether oxygens (including phenoxy) is 3. The third kappa shape index (κ3) is 29.6. The Morgan fingerprint density at radius 1 is 0.617 bits per heavy atom. The Hall–Kier alpha value is -2.64. The molecule has 1 aliphatic rings. The molecule has 0 aromatic rings. The number of nitrogens with one attached hydrogen (secondary N) is 1. The minimum absolute atomic E-state index is 0.0724. The highest BCUT2D eigenvalue weighted by molar-refractivity contribution is 5.76. The molecule has 1 amide bonds. The van der Waals surface area contributed by atoms with Crippen LogP contribution >= 0.6 is 0 Å². The van der Waals surface area contributed by atoms with E-state index in [2.05, 4.69) is 67.8 Å². The molecule has 0 aliphatic carbocycles. The fourth-order valence-electron chi connectivity index (χ4n) is 6.74. The first-order valence-corrected chi connectivity index (χ1v) is 23.6. The molecule has 7 unspecified atom stereocenters. The van der Waals surface area contributed by atoms with E-state index in [9.17, 15) is 35.1 Å². The summed E-state index contributed by atoms with van der Waals surface area (Å²) in [4.78, 5) is 24.9. The lowest BCUT2D eigenvalue weighted by atomic mass is 9.99. The highest BCUT2D eigenvalue weighted by atomic mass is 16.7. The van der Waals surface area contributed by atoms with Gasteiger partial charge in [0.2, 0.25) is 5.91 Å². The number of rotatable bonds is 38. The normalized spacial score (nSPS) is 20.9. The largest absolute Gasteiger partial charge is 0.466 e. The van der Waals surface area contributed by atoms with Crippen LogP contribution in [0.2, 0.25) is 0 Å². The van der Waals surface area contributed by atoms with E-state index in [1.807, 2.05) is 6.08 Å². The molecule has 11 nitrogen and oxygen atoms in total. The average Bonchev–Trinajstić information content (AvgIpc) is 3.24. The van der Waals surface area contributed by atoms with Gasteiger partial charge in [0.1, 0.15) is 24.4 Å². The molecular weight excluding hydrogens is 763 g/mol. The number of carbonyl (C=O) groups excluding carboxylic acids is 2.